The smallest absolute Gasteiger partial charge is 0.295 e. The van der Waals surface area contributed by atoms with Gasteiger partial charge in [0.25, 0.3) is 11.7 Å². The number of amides is 1. The molecule has 4 rings (SSSR count). The Labute approximate surface area is 236 Å². The zero-order valence-electron chi connectivity index (χ0n) is 23.4. The molecule has 1 aliphatic rings. The lowest BCUT2D eigenvalue weighted by Crippen LogP contribution is -2.30. The predicted octanol–water partition coefficient (Wildman–Crippen LogP) is 6.67. The lowest BCUT2D eigenvalue weighted by molar-refractivity contribution is -0.139. The summed E-state index contributed by atoms with van der Waals surface area (Å²) < 4.78 is 17.4. The third-order valence-corrected chi connectivity index (χ3v) is 6.89. The van der Waals surface area contributed by atoms with E-state index in [1.165, 1.54) is 4.90 Å². The second-order valence-electron chi connectivity index (χ2n) is 9.76. The van der Waals surface area contributed by atoms with Gasteiger partial charge in [-0.15, -0.1) is 0 Å². The number of ether oxygens (including phenoxy) is 3. The van der Waals surface area contributed by atoms with Gasteiger partial charge in [0.2, 0.25) is 0 Å². The summed E-state index contributed by atoms with van der Waals surface area (Å²) in [5.74, 6) is 0.137. The minimum atomic E-state index is -0.762. The van der Waals surface area contributed by atoms with Crippen molar-refractivity contribution >= 4 is 17.4 Å². The number of methoxy groups -OCH3 is 1. The molecule has 0 saturated carbocycles. The van der Waals surface area contributed by atoms with Crippen LogP contribution in [0.2, 0.25) is 0 Å². The van der Waals surface area contributed by atoms with E-state index in [4.69, 9.17) is 14.2 Å². The Kier molecular flexibility index (Phi) is 9.84. The van der Waals surface area contributed by atoms with Crippen molar-refractivity contribution in [3.63, 3.8) is 0 Å². The number of carbonyl (C=O) groups is 2. The normalized spacial score (nSPS) is 16.3. The highest BCUT2D eigenvalue weighted by Crippen LogP contribution is 2.42. The van der Waals surface area contributed by atoms with Crippen LogP contribution < -0.4 is 14.2 Å². The predicted molar refractivity (Wildman–Crippen MR) is 155 cm³/mol. The van der Waals surface area contributed by atoms with Crippen molar-refractivity contribution < 1.29 is 28.9 Å². The highest BCUT2D eigenvalue weighted by Gasteiger charge is 2.45. The Morgan fingerprint density at radius 1 is 0.875 bits per heavy atom. The highest BCUT2D eigenvalue weighted by atomic mass is 16.5. The Hall–Kier alpha value is -4.26. The quantitative estimate of drug-likeness (QED) is 0.112. The number of hydrogen-bond donors (Lipinski definition) is 1. The van der Waals surface area contributed by atoms with Gasteiger partial charge in [0.1, 0.15) is 18.1 Å². The number of aliphatic hydroxyl groups excluding tert-OH is 1. The van der Waals surface area contributed by atoms with Crippen molar-refractivity contribution in [2.75, 3.05) is 20.3 Å². The molecule has 1 atom stereocenters. The fraction of sp³-hybridized carbons (Fsp3) is 0.333. The van der Waals surface area contributed by atoms with Crippen LogP contribution in [-0.4, -0.2) is 42.0 Å². The van der Waals surface area contributed by atoms with Crippen LogP contribution in [0, 0.1) is 0 Å². The highest BCUT2D eigenvalue weighted by molar-refractivity contribution is 6.46. The number of unbranched alkanes of at least 4 members (excludes halogenated alkanes) is 2. The molecule has 40 heavy (non-hydrogen) atoms. The molecule has 210 valence electrons. The van der Waals surface area contributed by atoms with Crippen molar-refractivity contribution in [1.29, 1.82) is 0 Å². The molecule has 3 aromatic carbocycles. The van der Waals surface area contributed by atoms with Gasteiger partial charge in [0.15, 0.2) is 11.5 Å². The van der Waals surface area contributed by atoms with Gasteiger partial charge in [-0.25, -0.2) is 0 Å². The van der Waals surface area contributed by atoms with E-state index in [1.807, 2.05) is 43.3 Å². The molecule has 7 nitrogen and oxygen atoms in total. The van der Waals surface area contributed by atoms with Gasteiger partial charge < -0.3 is 24.2 Å². The molecule has 1 aliphatic heterocycles. The van der Waals surface area contributed by atoms with Crippen molar-refractivity contribution in [3.05, 3.63) is 95.1 Å². The second kappa shape index (κ2) is 13.7. The first-order chi connectivity index (χ1) is 19.5. The Morgan fingerprint density at radius 3 is 2.30 bits per heavy atom. The maximum absolute atomic E-state index is 13.2. The molecule has 7 heteroatoms. The number of carbonyl (C=O) groups excluding carboxylic acids is 2. The fourth-order valence-corrected chi connectivity index (χ4v) is 4.81. The lowest BCUT2D eigenvalue weighted by atomic mass is 9.95. The van der Waals surface area contributed by atoms with E-state index in [1.54, 1.807) is 43.5 Å². The molecule has 1 heterocycles. The number of nitrogens with zero attached hydrogens (tertiary/aromatic N) is 1. The number of hydrogen-bond acceptors (Lipinski definition) is 6. The van der Waals surface area contributed by atoms with Crippen LogP contribution in [0.3, 0.4) is 0 Å². The van der Waals surface area contributed by atoms with Crippen molar-refractivity contribution in [2.45, 2.75) is 52.2 Å². The molecule has 0 spiro atoms. The van der Waals surface area contributed by atoms with Crippen LogP contribution in [0.25, 0.3) is 5.76 Å². The molecule has 1 N–H and O–H groups in total. The van der Waals surface area contributed by atoms with Crippen LogP contribution in [0.1, 0.15) is 62.3 Å². The van der Waals surface area contributed by atoms with Crippen LogP contribution >= 0.6 is 0 Å². The zero-order chi connectivity index (χ0) is 28.5. The topological polar surface area (TPSA) is 85.3 Å². The van der Waals surface area contributed by atoms with Gasteiger partial charge in [-0.2, -0.15) is 0 Å². The average Bonchev–Trinajstić information content (AvgIpc) is 3.24. The molecule has 1 amide bonds. The molecule has 0 radical (unpaired) electrons. The minimum absolute atomic E-state index is 0.0510. The van der Waals surface area contributed by atoms with Crippen molar-refractivity contribution in [1.82, 2.24) is 4.90 Å². The van der Waals surface area contributed by atoms with E-state index in [9.17, 15) is 14.7 Å². The number of ketones is 1. The van der Waals surface area contributed by atoms with Gasteiger partial charge in [-0.1, -0.05) is 63.1 Å². The Bertz CT molecular complexity index is 1330. The number of likely N-dealkylation sites (tertiary alicyclic amines) is 1. The molecule has 1 fully saturated rings. The maximum atomic E-state index is 13.2. The molecular formula is C33H37NO6. The SMILES string of the molecule is CCCCCOc1ccc(/C(O)=C2/C(=O)C(=O)N(CCC)C2c2ccc(OCc3ccccc3)c(OC)c2)cc1. The van der Waals surface area contributed by atoms with Crippen LogP contribution in [0.15, 0.2) is 78.4 Å². The van der Waals surface area contributed by atoms with Crippen LogP contribution in [0.4, 0.5) is 0 Å². The number of benzene rings is 3. The molecule has 1 unspecified atom stereocenters. The number of Topliss-reactive ketones (excluding diaryl/α,β-unsaturated/α-hetero) is 1. The summed E-state index contributed by atoms with van der Waals surface area (Å²) in [6.45, 7) is 5.43. The Morgan fingerprint density at radius 2 is 1.62 bits per heavy atom. The third kappa shape index (κ3) is 6.47. The fourth-order valence-electron chi connectivity index (χ4n) is 4.81. The van der Waals surface area contributed by atoms with Gasteiger partial charge >= 0.3 is 0 Å². The van der Waals surface area contributed by atoms with E-state index in [2.05, 4.69) is 6.92 Å². The van der Waals surface area contributed by atoms with Gasteiger partial charge in [0, 0.05) is 12.1 Å². The second-order valence-corrected chi connectivity index (χ2v) is 9.76. The molecule has 0 aliphatic carbocycles. The molecule has 0 bridgehead atoms. The van der Waals surface area contributed by atoms with Gasteiger partial charge in [-0.3, -0.25) is 9.59 Å². The van der Waals surface area contributed by atoms with Crippen LogP contribution in [0.5, 0.6) is 17.2 Å². The monoisotopic (exact) mass is 543 g/mol. The summed E-state index contributed by atoms with van der Waals surface area (Å²) in [7, 11) is 1.54. The summed E-state index contributed by atoms with van der Waals surface area (Å²) in [4.78, 5) is 27.8. The third-order valence-electron chi connectivity index (χ3n) is 6.89. The standard InChI is InChI=1S/C33H37NO6/c1-4-6-10-20-39-26-16-13-24(14-17-26)31(35)29-30(34(19-5-2)33(37)32(29)36)25-15-18-27(28(21-25)38-3)40-22-23-11-8-7-9-12-23/h7-9,11-18,21,30,35H,4-6,10,19-20,22H2,1-3H3/b31-29-. The minimum Gasteiger partial charge on any atom is -0.507 e. The first-order valence-electron chi connectivity index (χ1n) is 13.8. The molecule has 1 saturated heterocycles. The molecular weight excluding hydrogens is 506 g/mol. The van der Waals surface area contributed by atoms with E-state index >= 15 is 0 Å². The zero-order valence-corrected chi connectivity index (χ0v) is 23.4. The number of rotatable bonds is 13. The van der Waals surface area contributed by atoms with Crippen LogP contribution in [-0.2, 0) is 16.2 Å². The van der Waals surface area contributed by atoms with Crippen molar-refractivity contribution in [3.8, 4) is 17.2 Å². The number of aliphatic hydroxyl groups is 1. The van der Waals surface area contributed by atoms with E-state index in [0.717, 1.165) is 24.8 Å². The van der Waals surface area contributed by atoms with Crippen molar-refractivity contribution in [2.24, 2.45) is 0 Å². The largest absolute Gasteiger partial charge is 0.507 e. The van der Waals surface area contributed by atoms with E-state index in [0.29, 0.717) is 54.6 Å². The summed E-state index contributed by atoms with van der Waals surface area (Å²) >= 11 is 0. The van der Waals surface area contributed by atoms with E-state index < -0.39 is 17.7 Å². The molecule has 3 aromatic rings. The summed E-state index contributed by atoms with van der Waals surface area (Å²) in [5, 5.41) is 11.3. The average molecular weight is 544 g/mol. The first-order valence-corrected chi connectivity index (χ1v) is 13.8. The van der Waals surface area contributed by atoms with Gasteiger partial charge in [0.05, 0.1) is 25.3 Å². The first kappa shape index (κ1) is 28.7. The lowest BCUT2D eigenvalue weighted by Gasteiger charge is -2.25. The molecule has 0 aromatic heterocycles. The Balaban J connectivity index is 1.65. The maximum Gasteiger partial charge on any atom is 0.295 e. The summed E-state index contributed by atoms with van der Waals surface area (Å²) in [6, 6.07) is 21.3. The van der Waals surface area contributed by atoms with E-state index in [-0.39, 0.29) is 11.3 Å². The van der Waals surface area contributed by atoms with Gasteiger partial charge in [-0.05, 0) is 60.4 Å². The summed E-state index contributed by atoms with van der Waals surface area (Å²) in [6.07, 6.45) is 3.84. The summed E-state index contributed by atoms with van der Waals surface area (Å²) in [5.41, 5.74) is 2.15.